The number of hydrogen-bond donors (Lipinski definition) is 0. The summed E-state index contributed by atoms with van der Waals surface area (Å²) in [6, 6.07) is 0. The molecule has 8 heavy (non-hydrogen) atoms. The topological polar surface area (TPSA) is 17.1 Å². The normalized spacial score (nSPS) is 14.4. The first-order valence-electron chi connectivity index (χ1n) is 3.54. The Morgan fingerprint density at radius 1 is 2.00 bits per heavy atom. The van der Waals surface area contributed by atoms with E-state index in [9.17, 15) is 4.79 Å². The van der Waals surface area contributed by atoms with E-state index in [1.54, 1.807) is 0 Å². The minimum Gasteiger partial charge on any atom is -0.303 e. The molecule has 0 aliphatic rings. The molecule has 0 heterocycles. The van der Waals surface area contributed by atoms with Crippen LogP contribution in [0.2, 0.25) is 5.82 Å². The van der Waals surface area contributed by atoms with Crippen molar-refractivity contribution in [2.75, 3.05) is 0 Å². The van der Waals surface area contributed by atoms with Crippen LogP contribution in [0.15, 0.2) is 0 Å². The van der Waals surface area contributed by atoms with Gasteiger partial charge in [0.05, 0.1) is 7.81 Å². The largest absolute Gasteiger partial charge is 0.303 e. The second kappa shape index (κ2) is 4.88. The van der Waals surface area contributed by atoms with Crippen molar-refractivity contribution in [2.24, 2.45) is 0 Å². The lowest BCUT2D eigenvalue weighted by molar-refractivity contribution is -0.107. The molecule has 0 amide bonds. The van der Waals surface area contributed by atoms with Crippen LogP contribution >= 0.6 is 0 Å². The Hall–Kier alpha value is -0.265. The number of hydrogen-bond acceptors (Lipinski definition) is 1. The molecular weight excluding hydrogens is 98.9 g/mol. The number of rotatable bonds is 5. The van der Waals surface area contributed by atoms with Crippen molar-refractivity contribution in [3.63, 3.8) is 0 Å². The highest BCUT2D eigenvalue weighted by Gasteiger charge is 1.90. The predicted octanol–water partition coefficient (Wildman–Crippen LogP) is 1.06. The van der Waals surface area contributed by atoms with Crippen molar-refractivity contribution in [3.05, 3.63) is 0 Å². The van der Waals surface area contributed by atoms with Crippen molar-refractivity contribution in [1.82, 2.24) is 0 Å². The summed E-state index contributed by atoms with van der Waals surface area (Å²) in [5.74, 6) is 0.338. The lowest BCUT2D eigenvalue weighted by Gasteiger charge is -1.98. The molecule has 0 N–H and O–H groups in total. The van der Waals surface area contributed by atoms with E-state index in [0.717, 1.165) is 19.1 Å². The van der Waals surface area contributed by atoms with E-state index in [2.05, 4.69) is 0 Å². The molecule has 0 bridgehead atoms. The predicted molar refractivity (Wildman–Crippen MR) is 36.5 cm³/mol. The van der Waals surface area contributed by atoms with Crippen molar-refractivity contribution >= 4 is 14.1 Å². The van der Waals surface area contributed by atoms with Crippen LogP contribution in [-0.2, 0) is 4.79 Å². The fourth-order valence-electron chi connectivity index (χ4n) is 0.523. The Morgan fingerprint density at radius 2 is 2.75 bits per heavy atom. The summed E-state index contributed by atoms with van der Waals surface area (Å²) < 4.78 is 6.83. The summed E-state index contributed by atoms with van der Waals surface area (Å²) in [6.45, 7) is 1.98. The zero-order valence-electron chi connectivity index (χ0n) is 6.26. The van der Waals surface area contributed by atoms with E-state index in [4.69, 9.17) is 1.34 Å². The zero-order valence-corrected chi connectivity index (χ0v) is 5.26. The molecule has 0 aromatic heterocycles. The molecule has 0 aromatic carbocycles. The first-order valence-corrected chi connectivity index (χ1v) is 2.96. The molecule has 0 aromatic rings. The second-order valence-corrected chi connectivity index (χ2v) is 2.07. The summed E-state index contributed by atoms with van der Waals surface area (Å²) >= 11 is 0. The van der Waals surface area contributed by atoms with Gasteiger partial charge in [0, 0.05) is 6.42 Å². The van der Waals surface area contributed by atoms with E-state index in [0.29, 0.717) is 12.2 Å². The van der Waals surface area contributed by atoms with Gasteiger partial charge in [0.15, 0.2) is 0 Å². The molecule has 45 valence electrons. The summed E-state index contributed by atoms with van der Waals surface area (Å²) in [5, 5.41) is 0. The van der Waals surface area contributed by atoms with Gasteiger partial charge in [-0.25, -0.2) is 0 Å². The Bertz CT molecular complexity index is 77.5. The van der Waals surface area contributed by atoms with Gasteiger partial charge in [-0.15, -0.1) is 0 Å². The Labute approximate surface area is 53.2 Å². The van der Waals surface area contributed by atoms with Gasteiger partial charge in [0.25, 0.3) is 0 Å². The van der Waals surface area contributed by atoms with Crippen LogP contribution < -0.4 is 0 Å². The number of aldehydes is 1. The highest BCUT2D eigenvalue weighted by atomic mass is 16.1. The molecule has 0 rings (SSSR count). The van der Waals surface area contributed by atoms with Gasteiger partial charge in [0.1, 0.15) is 6.29 Å². The van der Waals surface area contributed by atoms with Gasteiger partial charge >= 0.3 is 0 Å². The van der Waals surface area contributed by atoms with Crippen LogP contribution in [0.25, 0.3) is 0 Å². The molecule has 0 spiro atoms. The highest BCUT2D eigenvalue weighted by Crippen LogP contribution is 2.06. The van der Waals surface area contributed by atoms with Crippen LogP contribution in [-0.4, -0.2) is 15.4 Å². The van der Waals surface area contributed by atoms with E-state index in [1.165, 1.54) is 7.81 Å². The number of carbonyl (C=O) groups is 1. The maximum atomic E-state index is 9.82. The minimum atomic E-state index is 0.338. The van der Waals surface area contributed by atoms with Crippen molar-refractivity contribution < 1.29 is 4.79 Å². The molecule has 0 saturated carbocycles. The van der Waals surface area contributed by atoms with Gasteiger partial charge in [-0.3, -0.25) is 0 Å². The average molecular weight is 112 g/mol. The number of carbonyl (C=O) groups excluding carboxylic acids is 1. The van der Waals surface area contributed by atoms with Gasteiger partial charge in [0.2, 0.25) is 0 Å². The minimum absolute atomic E-state index is 0.338. The molecule has 2 heteroatoms. The standard InChI is InChI=1S/C6H12BO/c1-6(7)4-2-3-5-8/h5-7H,2-4H2,1H3/i7D. The molecular formula is C6H12BO. The summed E-state index contributed by atoms with van der Waals surface area (Å²) in [7, 11) is 1.42. The lowest BCUT2D eigenvalue weighted by Crippen LogP contribution is -1.85. The summed E-state index contributed by atoms with van der Waals surface area (Å²) in [4.78, 5) is 9.82. The molecule has 0 aliphatic carbocycles. The molecule has 1 atom stereocenters. The first-order chi connectivity index (χ1) is 4.31. The average Bonchev–Trinajstić information content (AvgIpc) is 1.89. The monoisotopic (exact) mass is 112 g/mol. The van der Waals surface area contributed by atoms with Gasteiger partial charge in [-0.2, -0.15) is 0 Å². The van der Waals surface area contributed by atoms with E-state index in [1.807, 2.05) is 6.92 Å². The Balaban J connectivity index is 2.96. The number of unbranched alkanes of at least 4 members (excludes halogenated alkanes) is 1. The van der Waals surface area contributed by atoms with Crippen molar-refractivity contribution in [2.45, 2.75) is 32.0 Å². The third kappa shape index (κ3) is 5.73. The van der Waals surface area contributed by atoms with Gasteiger partial charge in [-0.05, 0) is 7.76 Å². The molecule has 1 radical (unpaired) electrons. The maximum absolute atomic E-state index is 9.82. The van der Waals surface area contributed by atoms with Crippen LogP contribution in [0.5, 0.6) is 0 Å². The van der Waals surface area contributed by atoms with Crippen molar-refractivity contribution in [1.29, 1.82) is 1.34 Å². The quantitative estimate of drug-likeness (QED) is 0.295. The first kappa shape index (κ1) is 5.86. The fraction of sp³-hybridized carbons (Fsp3) is 0.833. The van der Waals surface area contributed by atoms with Crippen LogP contribution in [0.1, 0.15) is 26.2 Å². The third-order valence-electron chi connectivity index (χ3n) is 0.981. The smallest absolute Gasteiger partial charge is 0.119 e. The lowest BCUT2D eigenvalue weighted by atomic mass is 9.85. The van der Waals surface area contributed by atoms with Crippen molar-refractivity contribution in [3.8, 4) is 0 Å². The summed E-state index contributed by atoms with van der Waals surface area (Å²) in [6.07, 6.45) is 3.44. The molecule has 0 fully saturated rings. The van der Waals surface area contributed by atoms with Crippen LogP contribution in [0.3, 0.4) is 0 Å². The summed E-state index contributed by atoms with van der Waals surface area (Å²) in [5.41, 5.74) is 0. The SMILES string of the molecule is [2H][B]C(C)CCCC=O. The third-order valence-corrected chi connectivity index (χ3v) is 0.981. The van der Waals surface area contributed by atoms with Gasteiger partial charge < -0.3 is 4.79 Å². The molecule has 1 nitrogen and oxygen atoms in total. The molecule has 0 saturated heterocycles. The van der Waals surface area contributed by atoms with E-state index in [-0.39, 0.29) is 0 Å². The molecule has 1 unspecified atom stereocenters. The highest BCUT2D eigenvalue weighted by molar-refractivity contribution is 6.11. The van der Waals surface area contributed by atoms with E-state index >= 15 is 0 Å². The molecule has 0 aliphatic heterocycles. The Morgan fingerprint density at radius 3 is 3.25 bits per heavy atom. The van der Waals surface area contributed by atoms with Crippen LogP contribution in [0.4, 0.5) is 0 Å². The second-order valence-electron chi connectivity index (χ2n) is 2.07. The zero-order chi connectivity index (χ0) is 7.11. The van der Waals surface area contributed by atoms with Crippen LogP contribution in [0, 0.1) is 0 Å². The Kier molecular flexibility index (Phi) is 3.58. The van der Waals surface area contributed by atoms with E-state index < -0.39 is 0 Å². The van der Waals surface area contributed by atoms with Gasteiger partial charge in [-0.1, -0.05) is 19.2 Å². The maximum Gasteiger partial charge on any atom is 0.119 e. The fourth-order valence-corrected chi connectivity index (χ4v) is 0.523.